The Bertz CT molecular complexity index is 474. The Morgan fingerprint density at radius 3 is 2.65 bits per heavy atom. The van der Waals surface area contributed by atoms with Crippen LogP contribution in [-0.4, -0.2) is 17.8 Å². The van der Waals surface area contributed by atoms with E-state index < -0.39 is 0 Å². The second-order valence-electron chi connectivity index (χ2n) is 6.01. The maximum Gasteiger partial charge on any atom is 0.104 e. The standard InChI is InChI=1S/C18H24O2/c1-14-9-15(2)11-18(10-14)20-13-17-6-3-5-16(12-17)7-4-8-19/h3,5-6,12,14-15,18-19H,8-11,13H2,1-2H3. The highest BCUT2D eigenvalue weighted by molar-refractivity contribution is 5.36. The predicted octanol–water partition coefficient (Wildman–Crippen LogP) is 3.37. The van der Waals surface area contributed by atoms with Crippen molar-refractivity contribution in [2.45, 2.75) is 45.8 Å². The molecule has 2 nitrogen and oxygen atoms in total. The summed E-state index contributed by atoms with van der Waals surface area (Å²) in [4.78, 5) is 0. The molecule has 2 rings (SSSR count). The molecule has 0 aromatic heterocycles. The summed E-state index contributed by atoms with van der Waals surface area (Å²) in [6.07, 6.45) is 4.07. The summed E-state index contributed by atoms with van der Waals surface area (Å²) in [6, 6.07) is 8.06. The lowest BCUT2D eigenvalue weighted by Crippen LogP contribution is -2.26. The van der Waals surface area contributed by atoms with Crippen molar-refractivity contribution in [2.24, 2.45) is 11.8 Å². The van der Waals surface area contributed by atoms with Gasteiger partial charge in [-0.1, -0.05) is 37.8 Å². The Kier molecular flexibility index (Phi) is 5.64. The van der Waals surface area contributed by atoms with Crippen LogP contribution in [0.5, 0.6) is 0 Å². The van der Waals surface area contributed by atoms with Crippen molar-refractivity contribution in [3.05, 3.63) is 35.4 Å². The lowest BCUT2D eigenvalue weighted by Gasteiger charge is -2.31. The van der Waals surface area contributed by atoms with Crippen LogP contribution < -0.4 is 0 Å². The highest BCUT2D eigenvalue weighted by Gasteiger charge is 2.24. The van der Waals surface area contributed by atoms with Gasteiger partial charge in [-0.2, -0.15) is 0 Å². The number of ether oxygens (including phenoxy) is 1. The van der Waals surface area contributed by atoms with E-state index in [1.54, 1.807) is 0 Å². The van der Waals surface area contributed by atoms with Gasteiger partial charge in [0.15, 0.2) is 0 Å². The van der Waals surface area contributed by atoms with Crippen LogP contribution in [0.2, 0.25) is 0 Å². The molecule has 108 valence electrons. The van der Waals surface area contributed by atoms with Crippen molar-refractivity contribution in [1.29, 1.82) is 0 Å². The van der Waals surface area contributed by atoms with Gasteiger partial charge in [-0.25, -0.2) is 0 Å². The monoisotopic (exact) mass is 272 g/mol. The van der Waals surface area contributed by atoms with E-state index in [0.29, 0.717) is 12.7 Å². The average molecular weight is 272 g/mol. The third kappa shape index (κ3) is 4.67. The Morgan fingerprint density at radius 1 is 1.20 bits per heavy atom. The first kappa shape index (κ1) is 15.1. The number of benzene rings is 1. The molecule has 0 radical (unpaired) electrons. The lowest BCUT2D eigenvalue weighted by molar-refractivity contribution is -0.00916. The first-order valence-corrected chi connectivity index (χ1v) is 7.47. The minimum absolute atomic E-state index is 0.0986. The second-order valence-corrected chi connectivity index (χ2v) is 6.01. The number of aliphatic hydroxyl groups excluding tert-OH is 1. The van der Waals surface area contributed by atoms with Crippen molar-refractivity contribution >= 4 is 0 Å². The molecule has 2 atom stereocenters. The molecule has 1 aliphatic rings. The molecule has 0 saturated heterocycles. The fraction of sp³-hybridized carbons (Fsp3) is 0.556. The molecule has 1 N–H and O–H groups in total. The molecule has 0 bridgehead atoms. The van der Waals surface area contributed by atoms with E-state index in [4.69, 9.17) is 9.84 Å². The molecule has 1 saturated carbocycles. The zero-order chi connectivity index (χ0) is 14.4. The number of hydrogen-bond donors (Lipinski definition) is 1. The van der Waals surface area contributed by atoms with Crippen LogP contribution in [0, 0.1) is 23.7 Å². The molecule has 0 heterocycles. The normalized spacial score (nSPS) is 25.9. The molecule has 1 aromatic rings. The summed E-state index contributed by atoms with van der Waals surface area (Å²) < 4.78 is 6.07. The Hall–Kier alpha value is -1.30. The minimum Gasteiger partial charge on any atom is -0.384 e. The predicted molar refractivity (Wildman–Crippen MR) is 81.2 cm³/mol. The molecule has 20 heavy (non-hydrogen) atoms. The van der Waals surface area contributed by atoms with E-state index in [2.05, 4.69) is 31.8 Å². The molecule has 1 aliphatic carbocycles. The van der Waals surface area contributed by atoms with Gasteiger partial charge in [0.1, 0.15) is 6.61 Å². The van der Waals surface area contributed by atoms with Gasteiger partial charge < -0.3 is 9.84 Å². The number of hydrogen-bond acceptors (Lipinski definition) is 2. The highest BCUT2D eigenvalue weighted by Crippen LogP contribution is 2.30. The summed E-state index contributed by atoms with van der Waals surface area (Å²) in [5.74, 6) is 7.14. The summed E-state index contributed by atoms with van der Waals surface area (Å²) in [5.41, 5.74) is 2.09. The van der Waals surface area contributed by atoms with Crippen molar-refractivity contribution in [2.75, 3.05) is 6.61 Å². The minimum atomic E-state index is -0.0986. The fourth-order valence-electron chi connectivity index (χ4n) is 3.10. The Labute approximate surface area is 122 Å². The first-order chi connectivity index (χ1) is 9.67. The van der Waals surface area contributed by atoms with Gasteiger partial charge in [-0.15, -0.1) is 0 Å². The van der Waals surface area contributed by atoms with Crippen molar-refractivity contribution in [3.8, 4) is 11.8 Å². The third-order valence-corrected chi connectivity index (χ3v) is 3.86. The molecular formula is C18H24O2. The lowest BCUT2D eigenvalue weighted by atomic mass is 9.82. The number of aliphatic hydroxyl groups is 1. The van der Waals surface area contributed by atoms with Crippen LogP contribution in [0.15, 0.2) is 24.3 Å². The molecule has 1 aromatic carbocycles. The van der Waals surface area contributed by atoms with Crippen LogP contribution in [-0.2, 0) is 11.3 Å². The van der Waals surface area contributed by atoms with Gasteiger partial charge in [-0.3, -0.25) is 0 Å². The zero-order valence-electron chi connectivity index (χ0n) is 12.4. The van der Waals surface area contributed by atoms with E-state index in [9.17, 15) is 0 Å². The van der Waals surface area contributed by atoms with Crippen LogP contribution in [0.1, 0.15) is 44.2 Å². The smallest absolute Gasteiger partial charge is 0.104 e. The SMILES string of the molecule is CC1CC(C)CC(OCc2cccc(C#CCO)c2)C1. The van der Waals surface area contributed by atoms with Crippen LogP contribution in [0.4, 0.5) is 0 Å². The molecule has 2 heteroatoms. The van der Waals surface area contributed by atoms with Crippen molar-refractivity contribution < 1.29 is 9.84 Å². The largest absolute Gasteiger partial charge is 0.384 e. The van der Waals surface area contributed by atoms with Crippen molar-refractivity contribution in [1.82, 2.24) is 0 Å². The quantitative estimate of drug-likeness (QED) is 0.855. The first-order valence-electron chi connectivity index (χ1n) is 7.47. The van der Waals surface area contributed by atoms with E-state index in [1.165, 1.54) is 19.3 Å². The highest BCUT2D eigenvalue weighted by atomic mass is 16.5. The average Bonchev–Trinajstić information content (AvgIpc) is 2.42. The van der Waals surface area contributed by atoms with Gasteiger partial charge in [-0.05, 0) is 48.8 Å². The molecular weight excluding hydrogens is 248 g/mol. The van der Waals surface area contributed by atoms with Gasteiger partial charge in [0, 0.05) is 5.56 Å². The molecule has 2 unspecified atom stereocenters. The van der Waals surface area contributed by atoms with Gasteiger partial charge in [0.25, 0.3) is 0 Å². The summed E-state index contributed by atoms with van der Waals surface area (Å²) in [7, 11) is 0. The summed E-state index contributed by atoms with van der Waals surface area (Å²) >= 11 is 0. The van der Waals surface area contributed by atoms with Crippen LogP contribution in [0.25, 0.3) is 0 Å². The van der Waals surface area contributed by atoms with Crippen LogP contribution >= 0.6 is 0 Å². The van der Waals surface area contributed by atoms with Gasteiger partial charge in [0.05, 0.1) is 12.7 Å². The van der Waals surface area contributed by atoms with E-state index in [-0.39, 0.29) is 6.61 Å². The van der Waals surface area contributed by atoms with E-state index in [1.807, 2.05) is 18.2 Å². The maximum atomic E-state index is 8.72. The molecule has 0 aliphatic heterocycles. The Balaban J connectivity index is 1.90. The molecule has 0 amide bonds. The molecule has 1 fully saturated rings. The van der Waals surface area contributed by atoms with Gasteiger partial charge >= 0.3 is 0 Å². The number of rotatable bonds is 3. The molecule has 0 spiro atoms. The van der Waals surface area contributed by atoms with Crippen molar-refractivity contribution in [3.63, 3.8) is 0 Å². The zero-order valence-corrected chi connectivity index (χ0v) is 12.4. The maximum absolute atomic E-state index is 8.72. The third-order valence-electron chi connectivity index (χ3n) is 3.86. The fourth-order valence-corrected chi connectivity index (χ4v) is 3.10. The van der Waals surface area contributed by atoms with Gasteiger partial charge in [0.2, 0.25) is 0 Å². The van der Waals surface area contributed by atoms with E-state index in [0.717, 1.165) is 23.0 Å². The van der Waals surface area contributed by atoms with E-state index >= 15 is 0 Å². The summed E-state index contributed by atoms with van der Waals surface area (Å²) in [5, 5.41) is 8.72. The Morgan fingerprint density at radius 2 is 1.95 bits per heavy atom. The van der Waals surface area contributed by atoms with Crippen LogP contribution in [0.3, 0.4) is 0 Å². The topological polar surface area (TPSA) is 29.5 Å². The summed E-state index contributed by atoms with van der Waals surface area (Å²) in [6.45, 7) is 5.19. The second kappa shape index (κ2) is 7.47.